The van der Waals surface area contributed by atoms with Crippen LogP contribution in [0.3, 0.4) is 0 Å². The second-order valence-corrected chi connectivity index (χ2v) is 19.6. The van der Waals surface area contributed by atoms with Crippen LogP contribution in [-0.2, 0) is 28.6 Å². The number of rotatable bonds is 53. The van der Waals surface area contributed by atoms with Gasteiger partial charge in [-0.05, 0) is 83.5 Å². The molecule has 0 aliphatic rings. The lowest BCUT2D eigenvalue weighted by Crippen LogP contribution is -2.30. The van der Waals surface area contributed by atoms with E-state index in [-0.39, 0.29) is 31.1 Å². The van der Waals surface area contributed by atoms with Crippen molar-refractivity contribution in [1.29, 1.82) is 0 Å². The third kappa shape index (κ3) is 54.1. The molecule has 0 aromatic rings. The van der Waals surface area contributed by atoms with E-state index in [0.29, 0.717) is 19.3 Å². The van der Waals surface area contributed by atoms with Gasteiger partial charge in [0.1, 0.15) is 13.2 Å². The van der Waals surface area contributed by atoms with Crippen molar-refractivity contribution >= 4 is 17.9 Å². The summed E-state index contributed by atoms with van der Waals surface area (Å²) >= 11 is 0. The van der Waals surface area contributed by atoms with Gasteiger partial charge in [-0.15, -0.1) is 0 Å². The second kappa shape index (κ2) is 56.7. The molecule has 0 aromatic heterocycles. The predicted octanol–water partition coefficient (Wildman–Crippen LogP) is 19.6. The molecule has 0 spiro atoms. The molecule has 0 aromatic carbocycles. The summed E-state index contributed by atoms with van der Waals surface area (Å²) in [6, 6.07) is 0. The molecular weight excluding hydrogens is 841 g/mol. The van der Waals surface area contributed by atoms with E-state index < -0.39 is 6.10 Å². The fourth-order valence-corrected chi connectivity index (χ4v) is 8.31. The van der Waals surface area contributed by atoms with E-state index in [4.69, 9.17) is 14.2 Å². The number of esters is 3. The van der Waals surface area contributed by atoms with Gasteiger partial charge in [-0.2, -0.15) is 0 Å². The van der Waals surface area contributed by atoms with Crippen molar-refractivity contribution in [3.05, 3.63) is 60.8 Å². The van der Waals surface area contributed by atoms with Crippen LogP contribution in [0.5, 0.6) is 0 Å². The Morgan fingerprint density at radius 2 is 0.559 bits per heavy atom. The summed E-state index contributed by atoms with van der Waals surface area (Å²) in [4.78, 5) is 37.8. The van der Waals surface area contributed by atoms with Gasteiger partial charge in [-0.25, -0.2) is 0 Å². The Labute approximate surface area is 421 Å². The molecular formula is C62H110O6. The fourth-order valence-electron chi connectivity index (χ4n) is 8.31. The van der Waals surface area contributed by atoms with Crippen LogP contribution in [0, 0.1) is 0 Å². The van der Waals surface area contributed by atoms with Crippen LogP contribution >= 0.6 is 0 Å². The highest BCUT2D eigenvalue weighted by molar-refractivity contribution is 5.71. The van der Waals surface area contributed by atoms with E-state index in [2.05, 4.69) is 81.5 Å². The number of carbonyl (C=O) groups is 3. The van der Waals surface area contributed by atoms with Crippen molar-refractivity contribution in [3.63, 3.8) is 0 Å². The van der Waals surface area contributed by atoms with E-state index in [1.54, 1.807) is 0 Å². The summed E-state index contributed by atoms with van der Waals surface area (Å²) in [7, 11) is 0. The van der Waals surface area contributed by atoms with Crippen LogP contribution in [0.15, 0.2) is 60.8 Å². The van der Waals surface area contributed by atoms with Gasteiger partial charge in [0.2, 0.25) is 0 Å². The second-order valence-electron chi connectivity index (χ2n) is 19.6. The Hall–Kier alpha value is -2.89. The average Bonchev–Trinajstić information content (AvgIpc) is 3.34. The summed E-state index contributed by atoms with van der Waals surface area (Å²) in [5.74, 6) is -0.895. The van der Waals surface area contributed by atoms with Crippen LogP contribution < -0.4 is 0 Å². The van der Waals surface area contributed by atoms with E-state index >= 15 is 0 Å². The Bertz CT molecular complexity index is 1230. The van der Waals surface area contributed by atoms with Crippen molar-refractivity contribution in [2.75, 3.05) is 13.2 Å². The SMILES string of the molecule is CCC/C=C\C/C=C\CCCCCCCC(=O)OC(COC(=O)CCCCCCCC)COC(=O)CCCCCCCCCCCCCCCCCC/C=C\C/C=C\C/C=C\CCCCCCC. The summed E-state index contributed by atoms with van der Waals surface area (Å²) in [6.45, 7) is 6.51. The molecule has 0 saturated carbocycles. The maximum Gasteiger partial charge on any atom is 0.306 e. The van der Waals surface area contributed by atoms with Gasteiger partial charge in [-0.1, -0.05) is 255 Å². The van der Waals surface area contributed by atoms with Crippen molar-refractivity contribution < 1.29 is 28.6 Å². The smallest absolute Gasteiger partial charge is 0.306 e. The lowest BCUT2D eigenvalue weighted by molar-refractivity contribution is -0.167. The Morgan fingerprint density at radius 3 is 0.882 bits per heavy atom. The number of hydrogen-bond acceptors (Lipinski definition) is 6. The van der Waals surface area contributed by atoms with E-state index in [0.717, 1.165) is 103 Å². The quantitative estimate of drug-likeness (QED) is 0.0262. The molecule has 1 atom stereocenters. The van der Waals surface area contributed by atoms with Gasteiger partial charge in [0.05, 0.1) is 0 Å². The maximum atomic E-state index is 12.7. The molecule has 0 N–H and O–H groups in total. The monoisotopic (exact) mass is 951 g/mol. The molecule has 1 unspecified atom stereocenters. The Kier molecular flexibility index (Phi) is 54.3. The lowest BCUT2D eigenvalue weighted by Gasteiger charge is -2.18. The summed E-state index contributed by atoms with van der Waals surface area (Å²) in [5, 5.41) is 0. The highest BCUT2D eigenvalue weighted by Crippen LogP contribution is 2.16. The fraction of sp³-hybridized carbons (Fsp3) is 0.790. The largest absolute Gasteiger partial charge is 0.462 e. The maximum absolute atomic E-state index is 12.7. The molecule has 0 saturated heterocycles. The van der Waals surface area contributed by atoms with Gasteiger partial charge in [0.25, 0.3) is 0 Å². The highest BCUT2D eigenvalue weighted by atomic mass is 16.6. The molecule has 6 nitrogen and oxygen atoms in total. The van der Waals surface area contributed by atoms with Gasteiger partial charge < -0.3 is 14.2 Å². The van der Waals surface area contributed by atoms with Crippen LogP contribution in [0.1, 0.15) is 297 Å². The Balaban J connectivity index is 3.98. The van der Waals surface area contributed by atoms with Gasteiger partial charge >= 0.3 is 17.9 Å². The summed E-state index contributed by atoms with van der Waals surface area (Å²) < 4.78 is 16.7. The van der Waals surface area contributed by atoms with Gasteiger partial charge in [0, 0.05) is 19.3 Å². The first kappa shape index (κ1) is 65.1. The zero-order valence-corrected chi connectivity index (χ0v) is 45.1. The third-order valence-electron chi connectivity index (χ3n) is 12.7. The van der Waals surface area contributed by atoms with Crippen molar-refractivity contribution in [2.45, 2.75) is 303 Å². The number of hydrogen-bond donors (Lipinski definition) is 0. The van der Waals surface area contributed by atoms with Crippen molar-refractivity contribution in [2.24, 2.45) is 0 Å². The van der Waals surface area contributed by atoms with Crippen LogP contribution in [0.25, 0.3) is 0 Å². The number of unbranched alkanes of at least 4 members (excludes halogenated alkanes) is 32. The molecule has 0 rings (SSSR count). The first-order valence-corrected chi connectivity index (χ1v) is 29.3. The van der Waals surface area contributed by atoms with E-state index in [1.807, 2.05) is 0 Å². The molecule has 0 heterocycles. The molecule has 394 valence electrons. The molecule has 0 radical (unpaired) electrons. The summed E-state index contributed by atoms with van der Waals surface area (Å²) in [5.41, 5.74) is 0. The first-order valence-electron chi connectivity index (χ1n) is 29.3. The number of carbonyl (C=O) groups excluding carboxylic acids is 3. The van der Waals surface area contributed by atoms with E-state index in [9.17, 15) is 14.4 Å². The van der Waals surface area contributed by atoms with Crippen molar-refractivity contribution in [3.8, 4) is 0 Å². The highest BCUT2D eigenvalue weighted by Gasteiger charge is 2.19. The standard InChI is InChI=1S/C62H110O6/c1-4-7-10-13-16-18-20-22-23-24-25-26-27-28-29-30-31-32-33-34-35-36-37-38-39-41-42-44-46-49-52-55-61(64)67-58-59(57-66-60(63)54-51-48-15-12-9-6-3)68-62(65)56-53-50-47-45-43-40-21-19-17-14-11-8-5-2/h11,14,19-22,24-25,27-28,59H,4-10,12-13,15-18,23,26,29-58H2,1-3H3/b14-11-,21-19-,22-20-,25-24-,28-27-. The predicted molar refractivity (Wildman–Crippen MR) is 293 cm³/mol. The van der Waals surface area contributed by atoms with Crippen LogP contribution in [-0.4, -0.2) is 37.2 Å². The zero-order valence-electron chi connectivity index (χ0n) is 45.1. The molecule has 0 aliphatic carbocycles. The van der Waals surface area contributed by atoms with Gasteiger partial charge in [-0.3, -0.25) is 14.4 Å². The first-order chi connectivity index (χ1) is 33.5. The lowest BCUT2D eigenvalue weighted by atomic mass is 10.0. The minimum atomic E-state index is -0.776. The average molecular weight is 952 g/mol. The molecule has 0 aliphatic heterocycles. The normalized spacial score (nSPS) is 12.5. The van der Waals surface area contributed by atoms with Gasteiger partial charge in [0.15, 0.2) is 6.10 Å². The van der Waals surface area contributed by atoms with Crippen LogP contribution in [0.4, 0.5) is 0 Å². The number of ether oxygens (including phenoxy) is 3. The topological polar surface area (TPSA) is 78.9 Å². The zero-order chi connectivity index (χ0) is 49.3. The summed E-state index contributed by atoms with van der Waals surface area (Å²) in [6.07, 6.45) is 71.2. The minimum Gasteiger partial charge on any atom is -0.462 e. The van der Waals surface area contributed by atoms with E-state index in [1.165, 1.54) is 154 Å². The van der Waals surface area contributed by atoms with Crippen LogP contribution in [0.2, 0.25) is 0 Å². The number of allylic oxidation sites excluding steroid dienone is 10. The molecule has 0 fully saturated rings. The Morgan fingerprint density at radius 1 is 0.294 bits per heavy atom. The molecule has 6 heteroatoms. The molecule has 68 heavy (non-hydrogen) atoms. The third-order valence-corrected chi connectivity index (χ3v) is 12.7. The van der Waals surface area contributed by atoms with Crippen molar-refractivity contribution in [1.82, 2.24) is 0 Å². The minimum absolute atomic E-state index is 0.0778. The molecule has 0 amide bonds. The molecule has 0 bridgehead atoms.